The number of halogens is 1. The largest absolute Gasteiger partial charge is 0.372 e. The monoisotopic (exact) mass is 339 g/mol. The van der Waals surface area contributed by atoms with Crippen molar-refractivity contribution in [2.45, 2.75) is 19.3 Å². The van der Waals surface area contributed by atoms with Crippen molar-refractivity contribution >= 4 is 34.9 Å². The third kappa shape index (κ3) is 4.62. The Bertz CT molecular complexity index is 699. The number of hydrogen-bond acceptors (Lipinski definition) is 2. The van der Waals surface area contributed by atoms with E-state index in [-0.39, 0.29) is 0 Å². The van der Waals surface area contributed by atoms with Crippen LogP contribution in [0.3, 0.4) is 0 Å². The molecule has 0 spiro atoms. The van der Waals surface area contributed by atoms with Crippen LogP contribution < -0.4 is 10.2 Å². The van der Waals surface area contributed by atoms with Crippen LogP contribution in [0, 0.1) is 5.41 Å². The average molecular weight is 340 g/mol. The minimum absolute atomic E-state index is 0.345. The van der Waals surface area contributed by atoms with Crippen LogP contribution >= 0.6 is 11.6 Å². The maximum atomic E-state index is 7.99. The van der Waals surface area contributed by atoms with Crippen molar-refractivity contribution in [1.82, 2.24) is 0 Å². The summed E-state index contributed by atoms with van der Waals surface area (Å²) in [5.41, 5.74) is 3.24. The molecule has 1 aliphatic rings. The van der Waals surface area contributed by atoms with Gasteiger partial charge in [0.05, 0.1) is 0 Å². The summed E-state index contributed by atoms with van der Waals surface area (Å²) < 4.78 is 0. The summed E-state index contributed by atoms with van der Waals surface area (Å²) in [4.78, 5) is 2.45. The van der Waals surface area contributed by atoms with Crippen LogP contribution in [0.2, 0.25) is 5.02 Å². The lowest BCUT2D eigenvalue weighted by atomic mass is 10.1. The number of amidine groups is 1. The standard InChI is InChI=1S/C20H22ClN3/c21-17-7-9-18(10-8-17)23-20(22)13-6-16-4-11-19(12-5-16)24-14-2-1-3-15-24/h4-13H,1-3,14-15H2,(H2,22,23)/b13-6+. The van der Waals surface area contributed by atoms with E-state index in [9.17, 15) is 0 Å². The molecule has 4 heteroatoms. The van der Waals surface area contributed by atoms with Crippen LogP contribution in [0.1, 0.15) is 24.8 Å². The predicted molar refractivity (Wildman–Crippen MR) is 104 cm³/mol. The van der Waals surface area contributed by atoms with E-state index in [0.29, 0.717) is 10.9 Å². The van der Waals surface area contributed by atoms with Gasteiger partial charge >= 0.3 is 0 Å². The molecule has 0 amide bonds. The highest BCUT2D eigenvalue weighted by Gasteiger charge is 2.10. The molecule has 1 heterocycles. The van der Waals surface area contributed by atoms with Gasteiger partial charge < -0.3 is 10.2 Å². The fraction of sp³-hybridized carbons (Fsp3) is 0.250. The number of piperidine rings is 1. The van der Waals surface area contributed by atoms with Gasteiger partial charge in [0.25, 0.3) is 0 Å². The summed E-state index contributed by atoms with van der Waals surface area (Å²) in [6, 6.07) is 15.9. The van der Waals surface area contributed by atoms with Gasteiger partial charge in [-0.25, -0.2) is 0 Å². The van der Waals surface area contributed by atoms with Crippen LogP contribution in [-0.2, 0) is 0 Å². The van der Waals surface area contributed by atoms with Crippen molar-refractivity contribution in [3.8, 4) is 0 Å². The van der Waals surface area contributed by atoms with E-state index in [1.54, 1.807) is 18.2 Å². The SMILES string of the molecule is N=C(/C=C/c1ccc(N2CCCCC2)cc1)Nc1ccc(Cl)cc1. The second-order valence-corrected chi connectivity index (χ2v) is 6.45. The molecule has 124 valence electrons. The Morgan fingerprint density at radius 1 is 0.958 bits per heavy atom. The molecular weight excluding hydrogens is 318 g/mol. The molecule has 1 aliphatic heterocycles. The highest BCUT2D eigenvalue weighted by molar-refractivity contribution is 6.30. The summed E-state index contributed by atoms with van der Waals surface area (Å²) in [6.45, 7) is 2.32. The van der Waals surface area contributed by atoms with Gasteiger partial charge in [-0.3, -0.25) is 5.41 Å². The number of benzene rings is 2. The summed E-state index contributed by atoms with van der Waals surface area (Å²) in [7, 11) is 0. The third-order valence-corrected chi connectivity index (χ3v) is 4.43. The Labute approximate surface area is 148 Å². The van der Waals surface area contributed by atoms with Gasteiger partial charge in [0, 0.05) is 29.5 Å². The molecular formula is C20H22ClN3. The van der Waals surface area contributed by atoms with E-state index < -0.39 is 0 Å². The third-order valence-electron chi connectivity index (χ3n) is 4.18. The average Bonchev–Trinajstić information content (AvgIpc) is 2.63. The number of nitrogens with zero attached hydrogens (tertiary/aromatic N) is 1. The molecule has 0 saturated carbocycles. The molecule has 2 aromatic rings. The van der Waals surface area contributed by atoms with E-state index in [0.717, 1.165) is 24.3 Å². The number of hydrogen-bond donors (Lipinski definition) is 2. The van der Waals surface area contributed by atoms with E-state index in [4.69, 9.17) is 17.0 Å². The Morgan fingerprint density at radius 3 is 2.29 bits per heavy atom. The first-order valence-electron chi connectivity index (χ1n) is 8.35. The zero-order valence-electron chi connectivity index (χ0n) is 13.6. The molecule has 3 rings (SSSR count). The van der Waals surface area contributed by atoms with Crippen molar-refractivity contribution in [3.63, 3.8) is 0 Å². The lowest BCUT2D eigenvalue weighted by Crippen LogP contribution is -2.29. The minimum atomic E-state index is 0.345. The smallest absolute Gasteiger partial charge is 0.122 e. The van der Waals surface area contributed by atoms with Gasteiger partial charge in [-0.05, 0) is 67.3 Å². The zero-order chi connectivity index (χ0) is 16.8. The topological polar surface area (TPSA) is 39.1 Å². The highest BCUT2D eigenvalue weighted by Crippen LogP contribution is 2.20. The van der Waals surface area contributed by atoms with E-state index in [2.05, 4.69) is 34.5 Å². The minimum Gasteiger partial charge on any atom is -0.372 e. The van der Waals surface area contributed by atoms with Gasteiger partial charge in [-0.15, -0.1) is 0 Å². The summed E-state index contributed by atoms with van der Waals surface area (Å²) >= 11 is 5.86. The van der Waals surface area contributed by atoms with E-state index in [1.165, 1.54) is 24.9 Å². The molecule has 0 bridgehead atoms. The molecule has 0 aromatic heterocycles. The van der Waals surface area contributed by atoms with Crippen molar-refractivity contribution in [3.05, 3.63) is 65.2 Å². The van der Waals surface area contributed by atoms with Crippen LogP contribution in [0.15, 0.2) is 54.6 Å². The van der Waals surface area contributed by atoms with Crippen molar-refractivity contribution in [2.24, 2.45) is 0 Å². The van der Waals surface area contributed by atoms with Crippen LogP contribution in [0.5, 0.6) is 0 Å². The molecule has 0 radical (unpaired) electrons. The highest BCUT2D eigenvalue weighted by atomic mass is 35.5. The van der Waals surface area contributed by atoms with Crippen molar-refractivity contribution in [1.29, 1.82) is 5.41 Å². The number of anilines is 2. The van der Waals surface area contributed by atoms with E-state index in [1.807, 2.05) is 18.2 Å². The molecule has 24 heavy (non-hydrogen) atoms. The molecule has 1 fully saturated rings. The van der Waals surface area contributed by atoms with E-state index >= 15 is 0 Å². The molecule has 1 saturated heterocycles. The first-order chi connectivity index (χ1) is 11.7. The number of nitrogens with one attached hydrogen (secondary N) is 2. The normalized spacial score (nSPS) is 14.8. The lowest BCUT2D eigenvalue weighted by Gasteiger charge is -2.28. The maximum Gasteiger partial charge on any atom is 0.122 e. The Kier molecular flexibility index (Phi) is 5.55. The molecule has 0 aliphatic carbocycles. The van der Waals surface area contributed by atoms with Crippen molar-refractivity contribution < 1.29 is 0 Å². The molecule has 0 atom stereocenters. The predicted octanol–water partition coefficient (Wildman–Crippen LogP) is 5.43. The molecule has 2 N–H and O–H groups in total. The fourth-order valence-electron chi connectivity index (χ4n) is 2.86. The summed E-state index contributed by atoms with van der Waals surface area (Å²) in [5, 5.41) is 11.7. The van der Waals surface area contributed by atoms with Gasteiger partial charge in [0.2, 0.25) is 0 Å². The first-order valence-corrected chi connectivity index (χ1v) is 8.73. The second kappa shape index (κ2) is 8.02. The first kappa shape index (κ1) is 16.6. The second-order valence-electron chi connectivity index (χ2n) is 6.02. The number of rotatable bonds is 4. The van der Waals surface area contributed by atoms with Gasteiger partial charge in [0.15, 0.2) is 0 Å². The lowest BCUT2D eigenvalue weighted by molar-refractivity contribution is 0.578. The molecule has 3 nitrogen and oxygen atoms in total. The summed E-state index contributed by atoms with van der Waals surface area (Å²) in [6.07, 6.45) is 7.64. The van der Waals surface area contributed by atoms with Crippen molar-refractivity contribution in [2.75, 3.05) is 23.3 Å². The summed E-state index contributed by atoms with van der Waals surface area (Å²) in [5.74, 6) is 0.345. The molecule has 0 unspecified atom stereocenters. The van der Waals surface area contributed by atoms with Gasteiger partial charge in [-0.2, -0.15) is 0 Å². The van der Waals surface area contributed by atoms with Crippen LogP contribution in [0.4, 0.5) is 11.4 Å². The Morgan fingerprint density at radius 2 is 1.62 bits per heavy atom. The molecule has 2 aromatic carbocycles. The zero-order valence-corrected chi connectivity index (χ0v) is 14.4. The van der Waals surface area contributed by atoms with Crippen LogP contribution in [0.25, 0.3) is 6.08 Å². The van der Waals surface area contributed by atoms with Gasteiger partial charge in [-0.1, -0.05) is 29.8 Å². The quantitative estimate of drug-likeness (QED) is 0.575. The Hall–Kier alpha value is -2.26. The fourth-order valence-corrected chi connectivity index (χ4v) is 2.98. The maximum absolute atomic E-state index is 7.99. The van der Waals surface area contributed by atoms with Gasteiger partial charge in [0.1, 0.15) is 5.84 Å². The Balaban J connectivity index is 1.57. The van der Waals surface area contributed by atoms with Crippen LogP contribution in [-0.4, -0.2) is 18.9 Å².